The molecule has 0 saturated carbocycles. The molecule has 0 saturated heterocycles. The zero-order valence-electron chi connectivity index (χ0n) is 12.7. The Kier molecular flexibility index (Phi) is 8.55. The van der Waals surface area contributed by atoms with Crippen molar-refractivity contribution in [1.82, 2.24) is 0 Å². The van der Waals surface area contributed by atoms with Crippen LogP contribution in [0.15, 0.2) is 12.1 Å². The minimum Gasteiger partial charge on any atom is -0.492 e. The molecule has 0 heterocycles. The molecule has 0 bridgehead atoms. The Labute approximate surface area is 150 Å². The van der Waals surface area contributed by atoms with Gasteiger partial charge in [0.15, 0.2) is 0 Å². The summed E-state index contributed by atoms with van der Waals surface area (Å²) in [6.07, 6.45) is 2.17. The monoisotopic (exact) mass is 502 g/mol. The second kappa shape index (κ2) is 9.33. The summed E-state index contributed by atoms with van der Waals surface area (Å²) in [6.45, 7) is 10.4. The van der Waals surface area contributed by atoms with Crippen molar-refractivity contribution >= 4 is 45.2 Å². The minimum atomic E-state index is 0.672. The van der Waals surface area contributed by atoms with Crippen molar-refractivity contribution in [2.75, 3.05) is 13.2 Å². The quantitative estimate of drug-likeness (QED) is 0.422. The van der Waals surface area contributed by atoms with E-state index in [9.17, 15) is 0 Å². The van der Waals surface area contributed by atoms with Gasteiger partial charge in [0.1, 0.15) is 11.5 Å². The number of halogens is 2. The first kappa shape index (κ1) is 18.3. The lowest BCUT2D eigenvalue weighted by atomic mass is 10.1. The topological polar surface area (TPSA) is 18.5 Å². The summed E-state index contributed by atoms with van der Waals surface area (Å²) in [6, 6.07) is 4.15. The Hall–Kier alpha value is 0.280. The third-order valence-corrected chi connectivity index (χ3v) is 4.58. The summed E-state index contributed by atoms with van der Waals surface area (Å²) in [5.74, 6) is 3.27. The van der Waals surface area contributed by atoms with Crippen LogP contribution < -0.4 is 9.47 Å². The summed E-state index contributed by atoms with van der Waals surface area (Å²) in [5.41, 5.74) is 0. The van der Waals surface area contributed by atoms with E-state index in [1.165, 1.54) is 0 Å². The highest BCUT2D eigenvalue weighted by molar-refractivity contribution is 14.1. The molecule has 0 aliphatic heterocycles. The van der Waals surface area contributed by atoms with Crippen LogP contribution >= 0.6 is 45.2 Å². The van der Waals surface area contributed by atoms with Crippen molar-refractivity contribution in [2.45, 2.75) is 40.5 Å². The number of rotatable bonds is 8. The summed E-state index contributed by atoms with van der Waals surface area (Å²) in [7, 11) is 0. The van der Waals surface area contributed by atoms with E-state index in [4.69, 9.17) is 9.47 Å². The summed E-state index contributed by atoms with van der Waals surface area (Å²) in [4.78, 5) is 0. The molecular formula is C16H24I2O2. The van der Waals surface area contributed by atoms with Gasteiger partial charge in [-0.25, -0.2) is 0 Å². The fraction of sp³-hybridized carbons (Fsp3) is 0.625. The zero-order valence-corrected chi connectivity index (χ0v) is 17.0. The van der Waals surface area contributed by atoms with Gasteiger partial charge in [0.2, 0.25) is 0 Å². The van der Waals surface area contributed by atoms with Crippen molar-refractivity contribution in [3.8, 4) is 11.5 Å². The molecule has 0 N–H and O–H groups in total. The van der Waals surface area contributed by atoms with Gasteiger partial charge in [0.05, 0.1) is 20.4 Å². The maximum Gasteiger partial charge on any atom is 0.133 e. The van der Waals surface area contributed by atoms with Crippen LogP contribution in [-0.2, 0) is 0 Å². The highest BCUT2D eigenvalue weighted by atomic mass is 127. The molecule has 4 heteroatoms. The van der Waals surface area contributed by atoms with Crippen molar-refractivity contribution < 1.29 is 9.47 Å². The lowest BCUT2D eigenvalue weighted by Crippen LogP contribution is -2.05. The molecule has 0 amide bonds. The second-order valence-corrected chi connectivity index (χ2v) is 8.10. The highest BCUT2D eigenvalue weighted by Crippen LogP contribution is 2.31. The van der Waals surface area contributed by atoms with Crippen LogP contribution in [0.5, 0.6) is 11.5 Å². The zero-order chi connectivity index (χ0) is 15.1. The van der Waals surface area contributed by atoms with Crippen molar-refractivity contribution in [2.24, 2.45) is 11.8 Å². The van der Waals surface area contributed by atoms with Crippen LogP contribution in [0.25, 0.3) is 0 Å². The predicted octanol–water partition coefficient (Wildman–Crippen LogP) is 5.75. The van der Waals surface area contributed by atoms with E-state index in [0.29, 0.717) is 11.8 Å². The third-order valence-electron chi connectivity index (χ3n) is 2.89. The van der Waals surface area contributed by atoms with Crippen LogP contribution in [0.4, 0.5) is 0 Å². The van der Waals surface area contributed by atoms with Crippen molar-refractivity contribution in [3.05, 3.63) is 19.3 Å². The molecule has 0 fully saturated rings. The first-order chi connectivity index (χ1) is 9.40. The lowest BCUT2D eigenvalue weighted by molar-refractivity contribution is 0.279. The van der Waals surface area contributed by atoms with E-state index >= 15 is 0 Å². The van der Waals surface area contributed by atoms with Crippen LogP contribution in [0.2, 0.25) is 0 Å². The Morgan fingerprint density at radius 3 is 1.45 bits per heavy atom. The fourth-order valence-corrected chi connectivity index (χ4v) is 2.73. The smallest absolute Gasteiger partial charge is 0.133 e. The number of hydrogen-bond acceptors (Lipinski definition) is 2. The summed E-state index contributed by atoms with van der Waals surface area (Å²) < 4.78 is 14.0. The van der Waals surface area contributed by atoms with Crippen LogP contribution in [-0.4, -0.2) is 13.2 Å². The van der Waals surface area contributed by atoms with E-state index in [1.54, 1.807) is 0 Å². The van der Waals surface area contributed by atoms with E-state index < -0.39 is 0 Å². The van der Waals surface area contributed by atoms with Gasteiger partial charge in [-0.2, -0.15) is 0 Å². The average Bonchev–Trinajstić information content (AvgIpc) is 2.33. The molecule has 1 aromatic carbocycles. The Bertz CT molecular complexity index is 377. The molecule has 114 valence electrons. The first-order valence-corrected chi connectivity index (χ1v) is 9.30. The van der Waals surface area contributed by atoms with Gasteiger partial charge in [-0.15, -0.1) is 0 Å². The average molecular weight is 502 g/mol. The molecule has 20 heavy (non-hydrogen) atoms. The van der Waals surface area contributed by atoms with Crippen molar-refractivity contribution in [3.63, 3.8) is 0 Å². The van der Waals surface area contributed by atoms with Crippen LogP contribution in [0, 0.1) is 19.0 Å². The van der Waals surface area contributed by atoms with Gasteiger partial charge >= 0.3 is 0 Å². The molecule has 1 aromatic rings. The first-order valence-electron chi connectivity index (χ1n) is 7.14. The van der Waals surface area contributed by atoms with Crippen LogP contribution in [0.3, 0.4) is 0 Å². The lowest BCUT2D eigenvalue weighted by Gasteiger charge is -2.14. The molecule has 0 atom stereocenters. The highest BCUT2D eigenvalue weighted by Gasteiger charge is 2.09. The molecule has 0 unspecified atom stereocenters. The Morgan fingerprint density at radius 2 is 1.15 bits per heavy atom. The SMILES string of the molecule is CC(C)CCOc1cc(I)c(OCCC(C)C)cc1I. The molecule has 0 spiro atoms. The van der Waals surface area contributed by atoms with Gasteiger partial charge in [-0.1, -0.05) is 27.7 Å². The van der Waals surface area contributed by atoms with Gasteiger partial charge in [-0.05, 0) is 82.0 Å². The predicted molar refractivity (Wildman–Crippen MR) is 102 cm³/mol. The van der Waals surface area contributed by atoms with Gasteiger partial charge < -0.3 is 9.47 Å². The standard InChI is InChI=1S/C16H24I2O2/c1-11(2)5-7-19-15-9-14(18)16(10-13(15)17)20-8-6-12(3)4/h9-12H,5-8H2,1-4H3. The summed E-state index contributed by atoms with van der Waals surface area (Å²) >= 11 is 4.63. The molecule has 2 nitrogen and oxygen atoms in total. The normalized spacial score (nSPS) is 11.2. The number of ether oxygens (including phenoxy) is 2. The molecule has 1 rings (SSSR count). The second-order valence-electron chi connectivity index (χ2n) is 5.78. The van der Waals surface area contributed by atoms with E-state index in [-0.39, 0.29) is 0 Å². The van der Waals surface area contributed by atoms with Gasteiger partial charge in [0.25, 0.3) is 0 Å². The van der Waals surface area contributed by atoms with E-state index in [0.717, 1.165) is 44.7 Å². The maximum absolute atomic E-state index is 5.86. The summed E-state index contributed by atoms with van der Waals surface area (Å²) in [5, 5.41) is 0. The molecule has 0 aromatic heterocycles. The Morgan fingerprint density at radius 1 is 0.800 bits per heavy atom. The largest absolute Gasteiger partial charge is 0.492 e. The molecular weight excluding hydrogens is 478 g/mol. The minimum absolute atomic E-state index is 0.672. The fourth-order valence-electron chi connectivity index (χ4n) is 1.54. The number of hydrogen-bond donors (Lipinski definition) is 0. The molecule has 0 aliphatic carbocycles. The number of benzene rings is 1. The van der Waals surface area contributed by atoms with Gasteiger partial charge in [-0.3, -0.25) is 0 Å². The van der Waals surface area contributed by atoms with E-state index in [2.05, 4.69) is 85.0 Å². The Balaban J connectivity index is 2.61. The molecule has 0 radical (unpaired) electrons. The van der Waals surface area contributed by atoms with Gasteiger partial charge in [0, 0.05) is 0 Å². The van der Waals surface area contributed by atoms with E-state index in [1.807, 2.05) is 0 Å². The third kappa shape index (κ3) is 6.83. The van der Waals surface area contributed by atoms with Crippen molar-refractivity contribution in [1.29, 1.82) is 0 Å². The van der Waals surface area contributed by atoms with Crippen LogP contribution in [0.1, 0.15) is 40.5 Å². The maximum atomic E-state index is 5.86. The molecule has 0 aliphatic rings.